The molecule has 0 saturated heterocycles. The summed E-state index contributed by atoms with van der Waals surface area (Å²) in [6, 6.07) is 12.4. The minimum Gasteiger partial charge on any atom is -0.322 e. The molecule has 0 heterocycles. The van der Waals surface area contributed by atoms with Gasteiger partial charge in [-0.25, -0.2) is 0 Å². The van der Waals surface area contributed by atoms with Crippen LogP contribution in [0.5, 0.6) is 0 Å². The predicted molar refractivity (Wildman–Crippen MR) is 80.3 cm³/mol. The maximum absolute atomic E-state index is 12.2. The molecule has 2 aromatic carbocycles. The third kappa shape index (κ3) is 4.57. The highest BCUT2D eigenvalue weighted by atomic mass is 19.4. The maximum atomic E-state index is 12.2. The van der Waals surface area contributed by atoms with Crippen molar-refractivity contribution in [2.45, 2.75) is 13.1 Å². The molecule has 0 atom stereocenters. The van der Waals surface area contributed by atoms with Crippen LogP contribution >= 0.6 is 0 Å². The summed E-state index contributed by atoms with van der Waals surface area (Å²) < 4.78 is 36.7. The van der Waals surface area contributed by atoms with Crippen molar-refractivity contribution in [2.75, 3.05) is 10.6 Å². The zero-order valence-electron chi connectivity index (χ0n) is 12.1. The van der Waals surface area contributed by atoms with Crippen LogP contribution in [0.15, 0.2) is 48.5 Å². The Hall–Kier alpha value is -2.83. The molecule has 2 N–H and O–H groups in total. The van der Waals surface area contributed by atoms with E-state index in [0.29, 0.717) is 5.56 Å². The molecule has 7 heteroatoms. The summed E-state index contributed by atoms with van der Waals surface area (Å²) in [5.41, 5.74) is 1.55. The lowest BCUT2D eigenvalue weighted by Gasteiger charge is -2.10. The number of carbonyl (C=O) groups is 2. The van der Waals surface area contributed by atoms with Crippen LogP contribution in [0.3, 0.4) is 0 Å². The Labute approximate surface area is 130 Å². The summed E-state index contributed by atoms with van der Waals surface area (Å²) in [5, 5.41) is 4.30. The number of anilines is 2. The van der Waals surface area contributed by atoms with E-state index < -0.39 is 18.0 Å². The van der Waals surface area contributed by atoms with Crippen molar-refractivity contribution in [3.8, 4) is 0 Å². The SMILES string of the molecule is Cc1cccc(C(=O)Nc2cccc(NC(=O)C(F)(F)F)c2)c1. The van der Waals surface area contributed by atoms with E-state index in [2.05, 4.69) is 5.32 Å². The number of aryl methyl sites for hydroxylation is 1. The molecule has 0 aromatic heterocycles. The van der Waals surface area contributed by atoms with Gasteiger partial charge >= 0.3 is 12.1 Å². The highest BCUT2D eigenvalue weighted by molar-refractivity contribution is 6.05. The molecular formula is C16H13F3N2O2. The van der Waals surface area contributed by atoms with Gasteiger partial charge in [-0.15, -0.1) is 0 Å². The van der Waals surface area contributed by atoms with Gasteiger partial charge in [-0.3, -0.25) is 9.59 Å². The molecule has 0 aliphatic carbocycles. The van der Waals surface area contributed by atoms with Gasteiger partial charge in [0.05, 0.1) is 0 Å². The molecule has 2 aromatic rings. The number of alkyl halides is 3. The second-order valence-corrected chi connectivity index (χ2v) is 4.86. The third-order valence-electron chi connectivity index (χ3n) is 2.92. The van der Waals surface area contributed by atoms with Crippen LogP contribution in [-0.2, 0) is 4.79 Å². The second kappa shape index (κ2) is 6.51. The van der Waals surface area contributed by atoms with E-state index in [1.54, 1.807) is 23.5 Å². The van der Waals surface area contributed by atoms with Crippen LogP contribution in [0.4, 0.5) is 24.5 Å². The van der Waals surface area contributed by atoms with E-state index in [-0.39, 0.29) is 11.4 Å². The van der Waals surface area contributed by atoms with Crippen molar-refractivity contribution >= 4 is 23.2 Å². The van der Waals surface area contributed by atoms with Gasteiger partial charge in [-0.05, 0) is 37.3 Å². The summed E-state index contributed by atoms with van der Waals surface area (Å²) in [7, 11) is 0. The highest BCUT2D eigenvalue weighted by Gasteiger charge is 2.38. The molecule has 0 bridgehead atoms. The molecule has 23 heavy (non-hydrogen) atoms. The number of nitrogens with one attached hydrogen (secondary N) is 2. The second-order valence-electron chi connectivity index (χ2n) is 4.86. The molecule has 0 unspecified atom stereocenters. The monoisotopic (exact) mass is 322 g/mol. The van der Waals surface area contributed by atoms with Crippen molar-refractivity contribution in [3.05, 3.63) is 59.7 Å². The van der Waals surface area contributed by atoms with Gasteiger partial charge < -0.3 is 10.6 Å². The Balaban J connectivity index is 2.11. The van der Waals surface area contributed by atoms with Gasteiger partial charge in [-0.1, -0.05) is 23.8 Å². The van der Waals surface area contributed by atoms with Crippen molar-refractivity contribution in [3.63, 3.8) is 0 Å². The first-order valence-electron chi connectivity index (χ1n) is 6.62. The number of rotatable bonds is 3. The van der Waals surface area contributed by atoms with Crippen LogP contribution in [0.25, 0.3) is 0 Å². The number of hydrogen-bond donors (Lipinski definition) is 2. The minimum absolute atomic E-state index is 0.0608. The average molecular weight is 322 g/mol. The van der Waals surface area contributed by atoms with Gasteiger partial charge in [0, 0.05) is 16.9 Å². The lowest BCUT2D eigenvalue weighted by atomic mass is 10.1. The summed E-state index contributed by atoms with van der Waals surface area (Å²) in [6.07, 6.45) is -4.97. The molecule has 2 amide bonds. The average Bonchev–Trinajstić information content (AvgIpc) is 2.46. The topological polar surface area (TPSA) is 58.2 Å². The molecule has 0 fully saturated rings. The van der Waals surface area contributed by atoms with Crippen LogP contribution in [0, 0.1) is 6.92 Å². The first-order chi connectivity index (χ1) is 10.8. The maximum Gasteiger partial charge on any atom is 0.471 e. The first-order valence-corrected chi connectivity index (χ1v) is 6.62. The smallest absolute Gasteiger partial charge is 0.322 e. The van der Waals surface area contributed by atoms with E-state index in [4.69, 9.17) is 0 Å². The lowest BCUT2D eigenvalue weighted by Crippen LogP contribution is -2.29. The normalized spacial score (nSPS) is 11.0. The molecule has 0 aliphatic heterocycles. The molecular weight excluding hydrogens is 309 g/mol. The van der Waals surface area contributed by atoms with Crippen molar-refractivity contribution in [1.82, 2.24) is 0 Å². The van der Waals surface area contributed by atoms with Gasteiger partial charge in [0.2, 0.25) is 0 Å². The van der Waals surface area contributed by atoms with E-state index in [1.165, 1.54) is 24.3 Å². The largest absolute Gasteiger partial charge is 0.471 e. The molecule has 2 rings (SSSR count). The van der Waals surface area contributed by atoms with Gasteiger partial charge in [0.25, 0.3) is 5.91 Å². The molecule has 0 radical (unpaired) electrons. The highest BCUT2D eigenvalue weighted by Crippen LogP contribution is 2.21. The van der Waals surface area contributed by atoms with Gasteiger partial charge in [0.1, 0.15) is 0 Å². The Morgan fingerprint density at radius 2 is 1.52 bits per heavy atom. The molecule has 0 spiro atoms. The predicted octanol–water partition coefficient (Wildman–Crippen LogP) is 3.75. The molecule has 0 aliphatic rings. The molecule has 120 valence electrons. The quantitative estimate of drug-likeness (QED) is 0.904. The van der Waals surface area contributed by atoms with E-state index in [1.807, 2.05) is 13.0 Å². The van der Waals surface area contributed by atoms with Crippen LogP contribution in [0.2, 0.25) is 0 Å². The van der Waals surface area contributed by atoms with Crippen molar-refractivity contribution in [2.24, 2.45) is 0 Å². The summed E-state index contributed by atoms with van der Waals surface area (Å²) >= 11 is 0. The Morgan fingerprint density at radius 1 is 0.913 bits per heavy atom. The van der Waals surface area contributed by atoms with Gasteiger partial charge in [0.15, 0.2) is 0 Å². The zero-order valence-corrected chi connectivity index (χ0v) is 12.1. The van der Waals surface area contributed by atoms with Crippen LogP contribution in [0.1, 0.15) is 15.9 Å². The zero-order chi connectivity index (χ0) is 17.0. The van der Waals surface area contributed by atoms with E-state index in [9.17, 15) is 22.8 Å². The van der Waals surface area contributed by atoms with Crippen molar-refractivity contribution in [1.29, 1.82) is 0 Å². The van der Waals surface area contributed by atoms with Gasteiger partial charge in [-0.2, -0.15) is 13.2 Å². The summed E-state index contributed by atoms with van der Waals surface area (Å²) in [4.78, 5) is 23.0. The lowest BCUT2D eigenvalue weighted by molar-refractivity contribution is -0.167. The molecule has 0 saturated carbocycles. The third-order valence-corrected chi connectivity index (χ3v) is 2.92. The first kappa shape index (κ1) is 16.5. The number of carbonyl (C=O) groups excluding carboxylic acids is 2. The fourth-order valence-corrected chi connectivity index (χ4v) is 1.87. The van der Waals surface area contributed by atoms with Crippen LogP contribution < -0.4 is 10.6 Å². The molecule has 4 nitrogen and oxygen atoms in total. The minimum atomic E-state index is -4.97. The van der Waals surface area contributed by atoms with E-state index >= 15 is 0 Å². The Bertz CT molecular complexity index is 742. The summed E-state index contributed by atoms with van der Waals surface area (Å²) in [5.74, 6) is -2.47. The number of benzene rings is 2. The van der Waals surface area contributed by atoms with Crippen LogP contribution in [-0.4, -0.2) is 18.0 Å². The summed E-state index contributed by atoms with van der Waals surface area (Å²) in [6.45, 7) is 1.84. The van der Waals surface area contributed by atoms with Crippen molar-refractivity contribution < 1.29 is 22.8 Å². The number of amides is 2. The standard InChI is InChI=1S/C16H13F3N2O2/c1-10-4-2-5-11(8-10)14(22)20-12-6-3-7-13(9-12)21-15(23)16(17,18)19/h2-9H,1H3,(H,20,22)(H,21,23). The number of hydrogen-bond acceptors (Lipinski definition) is 2. The van der Waals surface area contributed by atoms with E-state index in [0.717, 1.165) is 5.56 Å². The number of halogens is 3. The Kier molecular flexibility index (Phi) is 4.68. The Morgan fingerprint density at radius 3 is 2.13 bits per heavy atom. The fraction of sp³-hybridized carbons (Fsp3) is 0.125. The fourth-order valence-electron chi connectivity index (χ4n) is 1.87.